The van der Waals surface area contributed by atoms with Gasteiger partial charge in [0.25, 0.3) is 0 Å². The Kier molecular flexibility index (Phi) is 5.17. The van der Waals surface area contributed by atoms with Crippen LogP contribution in [0.3, 0.4) is 0 Å². The molecule has 0 spiro atoms. The molecular weight excluding hydrogens is 334 g/mol. The fourth-order valence-electron chi connectivity index (χ4n) is 2.30. The van der Waals surface area contributed by atoms with Gasteiger partial charge in [0, 0.05) is 17.1 Å². The number of thioether (sulfide) groups is 1. The molecule has 124 valence electrons. The van der Waals surface area contributed by atoms with Crippen molar-refractivity contribution in [2.75, 3.05) is 18.2 Å². The van der Waals surface area contributed by atoms with Crippen LogP contribution in [0, 0.1) is 11.3 Å². The average molecular weight is 349 g/mol. The first-order valence-electron chi connectivity index (χ1n) is 7.56. The third kappa shape index (κ3) is 4.08. The van der Waals surface area contributed by atoms with Gasteiger partial charge >= 0.3 is 0 Å². The third-order valence-electron chi connectivity index (χ3n) is 3.51. The number of aromatic nitrogens is 1. The van der Waals surface area contributed by atoms with E-state index in [2.05, 4.69) is 16.4 Å². The monoisotopic (exact) mass is 349 g/mol. The molecule has 5 nitrogen and oxygen atoms in total. The highest BCUT2D eigenvalue weighted by Crippen LogP contribution is 2.27. The SMILES string of the molecule is COc1ccc2cc(C#N)c(SCC(=O)Nc3ccccc3)nc2c1. The van der Waals surface area contributed by atoms with Crippen molar-refractivity contribution in [1.29, 1.82) is 5.26 Å². The van der Waals surface area contributed by atoms with Crippen molar-refractivity contribution in [3.8, 4) is 11.8 Å². The zero-order valence-electron chi connectivity index (χ0n) is 13.5. The van der Waals surface area contributed by atoms with Gasteiger partial charge in [-0.1, -0.05) is 30.0 Å². The molecule has 1 N–H and O–H groups in total. The number of amides is 1. The molecule has 0 saturated carbocycles. The molecule has 25 heavy (non-hydrogen) atoms. The predicted octanol–water partition coefficient (Wildman–Crippen LogP) is 3.85. The smallest absolute Gasteiger partial charge is 0.234 e. The number of fused-ring (bicyclic) bond motifs is 1. The van der Waals surface area contributed by atoms with Crippen LogP contribution in [-0.2, 0) is 4.79 Å². The molecule has 0 saturated heterocycles. The van der Waals surface area contributed by atoms with Gasteiger partial charge in [0.2, 0.25) is 5.91 Å². The highest BCUT2D eigenvalue weighted by molar-refractivity contribution is 8.00. The van der Waals surface area contributed by atoms with Crippen molar-refractivity contribution < 1.29 is 9.53 Å². The molecule has 6 heteroatoms. The summed E-state index contributed by atoms with van der Waals surface area (Å²) in [7, 11) is 1.59. The summed E-state index contributed by atoms with van der Waals surface area (Å²) in [5.74, 6) is 0.724. The predicted molar refractivity (Wildman–Crippen MR) is 98.8 cm³/mol. The molecule has 1 aromatic heterocycles. The van der Waals surface area contributed by atoms with Crippen LogP contribution in [0.1, 0.15) is 5.56 Å². The first-order valence-corrected chi connectivity index (χ1v) is 8.55. The van der Waals surface area contributed by atoms with Crippen molar-refractivity contribution in [2.45, 2.75) is 5.03 Å². The maximum atomic E-state index is 12.1. The number of para-hydroxylation sites is 1. The Morgan fingerprint density at radius 2 is 2.04 bits per heavy atom. The molecule has 0 aliphatic rings. The van der Waals surface area contributed by atoms with Crippen LogP contribution < -0.4 is 10.1 Å². The first-order chi connectivity index (χ1) is 12.2. The van der Waals surface area contributed by atoms with E-state index < -0.39 is 0 Å². The summed E-state index contributed by atoms with van der Waals surface area (Å²) in [6, 6.07) is 18.7. The van der Waals surface area contributed by atoms with E-state index in [0.717, 1.165) is 16.6 Å². The van der Waals surface area contributed by atoms with Gasteiger partial charge < -0.3 is 10.1 Å². The van der Waals surface area contributed by atoms with E-state index in [1.54, 1.807) is 13.2 Å². The highest BCUT2D eigenvalue weighted by atomic mass is 32.2. The lowest BCUT2D eigenvalue weighted by Gasteiger charge is -2.08. The number of carbonyl (C=O) groups is 1. The van der Waals surface area contributed by atoms with Crippen molar-refractivity contribution in [3.63, 3.8) is 0 Å². The fraction of sp³-hybridized carbons (Fsp3) is 0.105. The fourth-order valence-corrected chi connectivity index (χ4v) is 3.06. The van der Waals surface area contributed by atoms with Gasteiger partial charge in [-0.05, 0) is 30.3 Å². The number of anilines is 1. The van der Waals surface area contributed by atoms with Crippen molar-refractivity contribution in [3.05, 3.63) is 60.2 Å². The number of nitrogens with one attached hydrogen (secondary N) is 1. The Hall–Kier alpha value is -3.04. The van der Waals surface area contributed by atoms with E-state index in [9.17, 15) is 10.1 Å². The van der Waals surface area contributed by atoms with E-state index >= 15 is 0 Å². The van der Waals surface area contributed by atoms with Gasteiger partial charge in [-0.3, -0.25) is 4.79 Å². The molecule has 0 unspecified atom stereocenters. The number of methoxy groups -OCH3 is 1. The number of benzene rings is 2. The second kappa shape index (κ2) is 7.69. The van der Waals surface area contributed by atoms with Crippen LogP contribution in [0.15, 0.2) is 59.6 Å². The average Bonchev–Trinajstić information content (AvgIpc) is 2.65. The zero-order valence-corrected chi connectivity index (χ0v) is 14.3. The van der Waals surface area contributed by atoms with E-state index in [4.69, 9.17) is 4.74 Å². The maximum Gasteiger partial charge on any atom is 0.234 e. The molecule has 0 aliphatic heterocycles. The number of hydrogen-bond donors (Lipinski definition) is 1. The van der Waals surface area contributed by atoms with Gasteiger partial charge in [-0.2, -0.15) is 5.26 Å². The number of ether oxygens (including phenoxy) is 1. The second-order valence-electron chi connectivity index (χ2n) is 5.21. The number of nitriles is 1. The van der Waals surface area contributed by atoms with E-state index in [1.807, 2.05) is 48.5 Å². The summed E-state index contributed by atoms with van der Waals surface area (Å²) in [4.78, 5) is 16.6. The molecule has 0 radical (unpaired) electrons. The van der Waals surface area contributed by atoms with Crippen LogP contribution in [0.2, 0.25) is 0 Å². The summed E-state index contributed by atoms with van der Waals surface area (Å²) in [5.41, 5.74) is 1.92. The maximum absolute atomic E-state index is 12.1. The molecule has 0 bridgehead atoms. The Bertz CT molecular complexity index is 952. The summed E-state index contributed by atoms with van der Waals surface area (Å²) in [6.07, 6.45) is 0. The molecule has 3 rings (SSSR count). The Labute approximate surface area is 149 Å². The molecule has 0 aliphatic carbocycles. The summed E-state index contributed by atoms with van der Waals surface area (Å²) in [6.45, 7) is 0. The van der Waals surface area contributed by atoms with Crippen molar-refractivity contribution >= 4 is 34.3 Å². The summed E-state index contributed by atoms with van der Waals surface area (Å²) >= 11 is 1.24. The number of rotatable bonds is 5. The highest BCUT2D eigenvalue weighted by Gasteiger charge is 2.11. The minimum atomic E-state index is -0.146. The summed E-state index contributed by atoms with van der Waals surface area (Å²) in [5, 5.41) is 13.6. The molecular formula is C19H15N3O2S. The van der Waals surface area contributed by atoms with E-state index in [0.29, 0.717) is 16.3 Å². The molecule has 3 aromatic rings. The Morgan fingerprint density at radius 3 is 2.76 bits per heavy atom. The van der Waals surface area contributed by atoms with Crippen LogP contribution in [-0.4, -0.2) is 23.8 Å². The van der Waals surface area contributed by atoms with E-state index in [-0.39, 0.29) is 11.7 Å². The molecule has 1 heterocycles. The Morgan fingerprint density at radius 1 is 1.24 bits per heavy atom. The topological polar surface area (TPSA) is 75.0 Å². The zero-order chi connectivity index (χ0) is 17.6. The number of pyridine rings is 1. The standard InChI is InChI=1S/C19H15N3O2S/c1-24-16-8-7-13-9-14(11-20)19(22-17(13)10-16)25-12-18(23)21-15-5-3-2-4-6-15/h2-10H,12H2,1H3,(H,21,23). The van der Waals surface area contributed by atoms with Crippen LogP contribution in [0.5, 0.6) is 5.75 Å². The van der Waals surface area contributed by atoms with Crippen molar-refractivity contribution in [2.24, 2.45) is 0 Å². The van der Waals surface area contributed by atoms with Gasteiger partial charge in [-0.25, -0.2) is 4.98 Å². The first kappa shape index (κ1) is 16.8. The van der Waals surface area contributed by atoms with Gasteiger partial charge in [0.05, 0.1) is 23.9 Å². The lowest BCUT2D eigenvalue weighted by atomic mass is 10.1. The van der Waals surface area contributed by atoms with Gasteiger partial charge in [0.1, 0.15) is 16.8 Å². The molecule has 0 atom stereocenters. The van der Waals surface area contributed by atoms with Gasteiger partial charge in [0.15, 0.2) is 0 Å². The minimum Gasteiger partial charge on any atom is -0.497 e. The van der Waals surface area contributed by atoms with E-state index in [1.165, 1.54) is 11.8 Å². The largest absolute Gasteiger partial charge is 0.497 e. The number of carbonyl (C=O) groups excluding carboxylic acids is 1. The summed E-state index contributed by atoms with van der Waals surface area (Å²) < 4.78 is 5.21. The van der Waals surface area contributed by atoms with Crippen molar-refractivity contribution in [1.82, 2.24) is 4.98 Å². The quantitative estimate of drug-likeness (QED) is 0.708. The Balaban J connectivity index is 1.77. The minimum absolute atomic E-state index is 0.146. The second-order valence-corrected chi connectivity index (χ2v) is 6.18. The molecule has 2 aromatic carbocycles. The number of hydrogen-bond acceptors (Lipinski definition) is 5. The van der Waals surface area contributed by atoms with Gasteiger partial charge in [-0.15, -0.1) is 0 Å². The normalized spacial score (nSPS) is 10.2. The molecule has 0 fully saturated rings. The molecule has 1 amide bonds. The van der Waals surface area contributed by atoms with Crippen LogP contribution in [0.4, 0.5) is 5.69 Å². The van der Waals surface area contributed by atoms with Crippen LogP contribution in [0.25, 0.3) is 10.9 Å². The number of nitrogens with zero attached hydrogens (tertiary/aromatic N) is 2. The lowest BCUT2D eigenvalue weighted by molar-refractivity contribution is -0.113. The lowest BCUT2D eigenvalue weighted by Crippen LogP contribution is -2.14. The third-order valence-corrected chi connectivity index (χ3v) is 4.50. The van der Waals surface area contributed by atoms with Crippen LogP contribution >= 0.6 is 11.8 Å².